The first kappa shape index (κ1) is 5.56. The maximum absolute atomic E-state index is 5.32. The van der Waals surface area contributed by atoms with Crippen molar-refractivity contribution < 1.29 is 4.58 Å². The van der Waals surface area contributed by atoms with Gasteiger partial charge in [-0.1, -0.05) is 0 Å². The average Bonchev–Trinajstić information content (AvgIpc) is 2.19. The summed E-state index contributed by atoms with van der Waals surface area (Å²) < 4.78 is 2.18. The van der Waals surface area contributed by atoms with Crippen LogP contribution in [0.25, 0.3) is 0 Å². The quantitative estimate of drug-likeness (QED) is 0.433. The minimum atomic E-state index is 0.748. The molecule has 1 rings (SSSR count). The van der Waals surface area contributed by atoms with Gasteiger partial charge in [0.25, 0.3) is 0 Å². The Morgan fingerprint density at radius 1 is 1.75 bits per heavy atom. The first-order chi connectivity index (χ1) is 3.93. The van der Waals surface area contributed by atoms with Gasteiger partial charge in [0.15, 0.2) is 0 Å². The SMILES string of the molecule is NCC[N+]1=CNCC1. The molecular weight excluding hydrogens is 102 g/mol. The van der Waals surface area contributed by atoms with Crippen LogP contribution in [0, 0.1) is 0 Å². The third-order valence-electron chi connectivity index (χ3n) is 1.23. The van der Waals surface area contributed by atoms with Gasteiger partial charge in [-0.15, -0.1) is 0 Å². The van der Waals surface area contributed by atoms with Crippen LogP contribution in [0.1, 0.15) is 0 Å². The lowest BCUT2D eigenvalue weighted by molar-refractivity contribution is -0.511. The first-order valence-corrected chi connectivity index (χ1v) is 2.94. The van der Waals surface area contributed by atoms with Crippen molar-refractivity contribution in [2.24, 2.45) is 5.73 Å². The van der Waals surface area contributed by atoms with Crippen LogP contribution in [0.5, 0.6) is 0 Å². The van der Waals surface area contributed by atoms with Crippen molar-refractivity contribution in [3.8, 4) is 0 Å². The Labute approximate surface area is 49.2 Å². The summed E-state index contributed by atoms with van der Waals surface area (Å²) in [6.07, 6.45) is 1.99. The van der Waals surface area contributed by atoms with Crippen LogP contribution in [0.4, 0.5) is 0 Å². The predicted octanol–water partition coefficient (Wildman–Crippen LogP) is -1.41. The fraction of sp³-hybridized carbons (Fsp3) is 0.800. The zero-order chi connectivity index (χ0) is 5.82. The van der Waals surface area contributed by atoms with E-state index >= 15 is 0 Å². The number of nitrogens with two attached hydrogens (primary N) is 1. The van der Waals surface area contributed by atoms with Gasteiger partial charge in [0.1, 0.15) is 13.1 Å². The van der Waals surface area contributed by atoms with Gasteiger partial charge in [-0.3, -0.25) is 9.89 Å². The Kier molecular flexibility index (Phi) is 1.86. The van der Waals surface area contributed by atoms with Crippen molar-refractivity contribution in [3.05, 3.63) is 0 Å². The van der Waals surface area contributed by atoms with Crippen molar-refractivity contribution in [2.45, 2.75) is 0 Å². The second kappa shape index (κ2) is 2.67. The lowest BCUT2D eigenvalue weighted by atomic mass is 10.6. The molecule has 1 aliphatic heterocycles. The fourth-order valence-electron chi connectivity index (χ4n) is 0.809. The molecule has 8 heavy (non-hydrogen) atoms. The molecule has 1 heterocycles. The molecule has 0 aromatic rings. The molecule has 0 aliphatic carbocycles. The molecule has 0 aromatic carbocycles. The molecule has 0 aromatic heterocycles. The lowest BCUT2D eigenvalue weighted by Gasteiger charge is -1.92. The normalized spacial score (nSPS) is 17.9. The summed E-state index contributed by atoms with van der Waals surface area (Å²) in [5.41, 5.74) is 5.32. The lowest BCUT2D eigenvalue weighted by Crippen LogP contribution is -2.19. The van der Waals surface area contributed by atoms with Gasteiger partial charge in [-0.2, -0.15) is 0 Å². The Hall–Kier alpha value is -0.570. The zero-order valence-corrected chi connectivity index (χ0v) is 4.93. The summed E-state index contributed by atoms with van der Waals surface area (Å²) in [7, 11) is 0. The van der Waals surface area contributed by atoms with Crippen LogP contribution < -0.4 is 11.1 Å². The van der Waals surface area contributed by atoms with Gasteiger partial charge in [-0.05, 0) is 0 Å². The third kappa shape index (κ3) is 1.20. The van der Waals surface area contributed by atoms with Crippen LogP contribution in [0.15, 0.2) is 0 Å². The van der Waals surface area contributed by atoms with Gasteiger partial charge in [0, 0.05) is 6.54 Å². The second-order valence-electron chi connectivity index (χ2n) is 1.91. The van der Waals surface area contributed by atoms with Crippen LogP contribution in [-0.2, 0) is 0 Å². The zero-order valence-electron chi connectivity index (χ0n) is 4.93. The van der Waals surface area contributed by atoms with Crippen molar-refractivity contribution in [2.75, 3.05) is 26.2 Å². The largest absolute Gasteiger partial charge is 0.327 e. The van der Waals surface area contributed by atoms with Crippen molar-refractivity contribution in [3.63, 3.8) is 0 Å². The topological polar surface area (TPSA) is 41.1 Å². The van der Waals surface area contributed by atoms with E-state index in [9.17, 15) is 0 Å². The molecule has 3 heteroatoms. The van der Waals surface area contributed by atoms with E-state index in [4.69, 9.17) is 5.73 Å². The highest BCUT2D eigenvalue weighted by atomic mass is 15.1. The summed E-state index contributed by atoms with van der Waals surface area (Å²) in [5.74, 6) is 0. The highest BCUT2D eigenvalue weighted by Gasteiger charge is 2.05. The van der Waals surface area contributed by atoms with E-state index in [1.165, 1.54) is 0 Å². The van der Waals surface area contributed by atoms with Gasteiger partial charge in [0.2, 0.25) is 6.34 Å². The van der Waals surface area contributed by atoms with Crippen LogP contribution in [0.3, 0.4) is 0 Å². The van der Waals surface area contributed by atoms with E-state index in [2.05, 4.69) is 9.89 Å². The van der Waals surface area contributed by atoms with E-state index in [-0.39, 0.29) is 0 Å². The fourth-order valence-corrected chi connectivity index (χ4v) is 0.809. The molecule has 0 fully saturated rings. The molecule has 46 valence electrons. The maximum Gasteiger partial charge on any atom is 0.232 e. The van der Waals surface area contributed by atoms with E-state index < -0.39 is 0 Å². The highest BCUT2D eigenvalue weighted by molar-refractivity contribution is 5.49. The number of hydrogen-bond donors (Lipinski definition) is 2. The molecule has 0 saturated heterocycles. The summed E-state index contributed by atoms with van der Waals surface area (Å²) in [6.45, 7) is 3.91. The Bertz CT molecular complexity index is 97.8. The van der Waals surface area contributed by atoms with Gasteiger partial charge < -0.3 is 5.73 Å². The summed E-state index contributed by atoms with van der Waals surface area (Å²) >= 11 is 0. The summed E-state index contributed by atoms with van der Waals surface area (Å²) in [4.78, 5) is 0. The van der Waals surface area contributed by atoms with E-state index in [1.807, 2.05) is 6.34 Å². The molecule has 3 nitrogen and oxygen atoms in total. The number of hydrogen-bond acceptors (Lipinski definition) is 2. The Morgan fingerprint density at radius 2 is 2.62 bits per heavy atom. The predicted molar refractivity (Wildman–Crippen MR) is 33.1 cm³/mol. The smallest absolute Gasteiger partial charge is 0.232 e. The van der Waals surface area contributed by atoms with Gasteiger partial charge >= 0.3 is 0 Å². The molecule has 0 unspecified atom stereocenters. The molecular formula is C5H12N3+. The Morgan fingerprint density at radius 3 is 3.12 bits per heavy atom. The van der Waals surface area contributed by atoms with Gasteiger partial charge in [-0.25, -0.2) is 0 Å². The number of nitrogens with zero attached hydrogens (tertiary/aromatic N) is 1. The molecule has 0 spiro atoms. The minimum Gasteiger partial charge on any atom is -0.327 e. The van der Waals surface area contributed by atoms with E-state index in [0.29, 0.717) is 0 Å². The average molecular weight is 114 g/mol. The van der Waals surface area contributed by atoms with Crippen LogP contribution in [0.2, 0.25) is 0 Å². The van der Waals surface area contributed by atoms with E-state index in [1.54, 1.807) is 0 Å². The summed E-state index contributed by atoms with van der Waals surface area (Å²) in [5, 5.41) is 3.10. The van der Waals surface area contributed by atoms with Crippen molar-refractivity contribution >= 4 is 6.34 Å². The Balaban J connectivity index is 2.23. The second-order valence-corrected chi connectivity index (χ2v) is 1.91. The van der Waals surface area contributed by atoms with Crippen LogP contribution in [-0.4, -0.2) is 37.1 Å². The first-order valence-electron chi connectivity index (χ1n) is 2.94. The third-order valence-corrected chi connectivity index (χ3v) is 1.23. The molecule has 1 aliphatic rings. The highest BCUT2D eigenvalue weighted by Crippen LogP contribution is 1.75. The molecule has 0 amide bonds. The summed E-state index contributed by atoms with van der Waals surface area (Å²) in [6, 6.07) is 0. The molecule has 3 N–H and O–H groups in total. The van der Waals surface area contributed by atoms with Crippen molar-refractivity contribution in [1.29, 1.82) is 0 Å². The molecule has 0 atom stereocenters. The monoisotopic (exact) mass is 114 g/mol. The number of rotatable bonds is 2. The van der Waals surface area contributed by atoms with Crippen molar-refractivity contribution in [1.82, 2.24) is 5.32 Å². The molecule has 0 saturated carbocycles. The van der Waals surface area contributed by atoms with E-state index in [0.717, 1.165) is 26.2 Å². The number of nitrogens with one attached hydrogen (secondary N) is 1. The molecule has 0 radical (unpaired) electrons. The van der Waals surface area contributed by atoms with Crippen LogP contribution >= 0.6 is 0 Å². The maximum atomic E-state index is 5.32. The minimum absolute atomic E-state index is 0.748. The standard InChI is InChI=1S/C5H11N3/c6-1-3-8-4-2-7-5-8/h5H,1-4,6H2/p+1. The van der Waals surface area contributed by atoms with Gasteiger partial charge in [0.05, 0.1) is 6.54 Å². The molecule has 0 bridgehead atoms.